The minimum absolute atomic E-state index is 0.0463. The number of ether oxygens (including phenoxy) is 1. The van der Waals surface area contributed by atoms with Crippen molar-refractivity contribution in [1.82, 2.24) is 14.9 Å². The number of hydrogen-bond acceptors (Lipinski definition) is 5. The number of carbonyl (C=O) groups excluding carboxylic acids is 1. The Bertz CT molecular complexity index is 1070. The van der Waals surface area contributed by atoms with Crippen molar-refractivity contribution in [1.29, 1.82) is 0 Å². The molecule has 2 aromatic rings. The molecule has 0 saturated heterocycles. The second-order valence-electron chi connectivity index (χ2n) is 6.66. The fourth-order valence-corrected chi connectivity index (χ4v) is 3.21. The molecule has 0 bridgehead atoms. The van der Waals surface area contributed by atoms with E-state index in [0.29, 0.717) is 11.1 Å². The van der Waals surface area contributed by atoms with Crippen LogP contribution in [0.5, 0.6) is 5.75 Å². The van der Waals surface area contributed by atoms with E-state index < -0.39 is 59.3 Å². The summed E-state index contributed by atoms with van der Waals surface area (Å²) in [4.78, 5) is 18.6. The van der Waals surface area contributed by atoms with Crippen molar-refractivity contribution in [2.24, 2.45) is 0 Å². The maximum absolute atomic E-state index is 12.9. The number of benzene rings is 1. The third-order valence-corrected chi connectivity index (χ3v) is 4.65. The molecule has 1 amide bonds. The van der Waals surface area contributed by atoms with Crippen LogP contribution in [-0.2, 0) is 23.9 Å². The van der Waals surface area contributed by atoms with E-state index >= 15 is 0 Å². The Kier molecular flexibility index (Phi) is 6.30. The van der Waals surface area contributed by atoms with E-state index in [9.17, 15) is 44.3 Å². The number of aromatic nitrogens is 2. The lowest BCUT2D eigenvalue weighted by molar-refractivity contribution is -0.274. The van der Waals surface area contributed by atoms with Crippen molar-refractivity contribution in [2.75, 3.05) is 11.9 Å². The highest BCUT2D eigenvalue weighted by atomic mass is 35.5. The fourth-order valence-electron chi connectivity index (χ4n) is 2.98. The molecule has 1 aliphatic heterocycles. The largest absolute Gasteiger partial charge is 0.573 e. The van der Waals surface area contributed by atoms with E-state index in [1.165, 1.54) is 0 Å². The van der Waals surface area contributed by atoms with Gasteiger partial charge in [0.15, 0.2) is 5.75 Å². The monoisotopic (exact) mass is 508 g/mol. The Balaban J connectivity index is 1.96. The van der Waals surface area contributed by atoms with Gasteiger partial charge in [-0.25, -0.2) is 9.97 Å². The second-order valence-corrected chi connectivity index (χ2v) is 7.02. The normalized spacial score (nSPS) is 14.7. The van der Waals surface area contributed by atoms with Gasteiger partial charge < -0.3 is 15.0 Å². The zero-order chi connectivity index (χ0) is 24.8. The predicted molar refractivity (Wildman–Crippen MR) is 93.6 cm³/mol. The molecule has 16 heteroatoms. The van der Waals surface area contributed by atoms with Crippen molar-refractivity contribution in [2.45, 2.75) is 31.7 Å². The lowest BCUT2D eigenvalue weighted by Gasteiger charge is -2.30. The van der Waals surface area contributed by atoms with Crippen LogP contribution in [0.1, 0.15) is 16.7 Å². The zero-order valence-electron chi connectivity index (χ0n) is 15.8. The van der Waals surface area contributed by atoms with Crippen molar-refractivity contribution >= 4 is 29.1 Å². The molecule has 0 unspecified atom stereocenters. The maximum Gasteiger partial charge on any atom is 0.573 e. The molecule has 180 valence electrons. The fraction of sp³-hybridized carbons (Fsp3) is 0.353. The van der Waals surface area contributed by atoms with Crippen LogP contribution in [0.3, 0.4) is 0 Å². The van der Waals surface area contributed by atoms with Gasteiger partial charge >= 0.3 is 24.6 Å². The van der Waals surface area contributed by atoms with Gasteiger partial charge in [-0.3, -0.25) is 4.79 Å². The first-order valence-corrected chi connectivity index (χ1v) is 9.07. The average molecular weight is 509 g/mol. The van der Waals surface area contributed by atoms with Crippen LogP contribution in [0, 0.1) is 0 Å². The molecule has 0 atom stereocenters. The van der Waals surface area contributed by atoms with Crippen LogP contribution in [-0.4, -0.2) is 39.9 Å². The highest BCUT2D eigenvalue weighted by Gasteiger charge is 2.43. The van der Waals surface area contributed by atoms with Gasteiger partial charge in [0, 0.05) is 19.3 Å². The number of halogens is 10. The van der Waals surface area contributed by atoms with Crippen LogP contribution in [0.15, 0.2) is 18.3 Å². The molecule has 0 fully saturated rings. The number of alkyl halides is 9. The number of rotatable bonds is 3. The van der Waals surface area contributed by atoms with Gasteiger partial charge in [-0.15, -0.1) is 13.2 Å². The molecule has 1 aromatic carbocycles. The molecule has 0 saturated carbocycles. The van der Waals surface area contributed by atoms with Gasteiger partial charge in [0.05, 0.1) is 5.69 Å². The highest BCUT2D eigenvalue weighted by molar-refractivity contribution is 6.30. The summed E-state index contributed by atoms with van der Waals surface area (Å²) in [5.41, 5.74) is -1.58. The first kappa shape index (κ1) is 24.7. The molecule has 0 radical (unpaired) electrons. The number of anilines is 2. The Labute approximate surface area is 183 Å². The highest BCUT2D eigenvalue weighted by Crippen LogP contribution is 2.38. The third kappa shape index (κ3) is 5.89. The van der Waals surface area contributed by atoms with Crippen LogP contribution >= 0.6 is 11.6 Å². The Morgan fingerprint density at radius 2 is 1.73 bits per heavy atom. The van der Waals surface area contributed by atoms with Gasteiger partial charge in [-0.2, -0.15) is 26.3 Å². The number of nitrogens with zero attached hydrogens (tertiary/aromatic N) is 3. The minimum Gasteiger partial charge on any atom is -0.404 e. The first-order valence-electron chi connectivity index (χ1n) is 8.69. The number of hydrogen-bond donors (Lipinski definition) is 1. The van der Waals surface area contributed by atoms with E-state index in [0.717, 1.165) is 12.1 Å². The van der Waals surface area contributed by atoms with E-state index in [1.54, 1.807) is 0 Å². The van der Waals surface area contributed by atoms with Crippen molar-refractivity contribution in [3.05, 3.63) is 40.2 Å². The van der Waals surface area contributed by atoms with Crippen LogP contribution in [0.2, 0.25) is 5.15 Å². The average Bonchev–Trinajstić information content (AvgIpc) is 2.64. The van der Waals surface area contributed by atoms with Crippen LogP contribution in [0.25, 0.3) is 0 Å². The van der Waals surface area contributed by atoms with Gasteiger partial charge in [0.25, 0.3) is 0 Å². The summed E-state index contributed by atoms with van der Waals surface area (Å²) in [5.74, 6) is -3.67. The summed E-state index contributed by atoms with van der Waals surface area (Å²) in [7, 11) is 0. The Hall–Kier alpha value is -2.97. The SMILES string of the molecule is O=C(N1CCc2cc(Nc3ncc(C(F)(F)F)c(Cl)n3)c(OC(F)(F)F)cc2C1)C(F)(F)F. The number of amides is 1. The van der Waals surface area contributed by atoms with Gasteiger partial charge in [-0.1, -0.05) is 11.6 Å². The van der Waals surface area contributed by atoms with E-state index in [4.69, 9.17) is 11.6 Å². The number of nitrogens with one attached hydrogen (secondary N) is 1. The van der Waals surface area contributed by atoms with Gasteiger partial charge in [-0.05, 0) is 29.7 Å². The summed E-state index contributed by atoms with van der Waals surface area (Å²) in [6.45, 7) is -1.00. The van der Waals surface area contributed by atoms with Crippen LogP contribution in [0.4, 0.5) is 51.1 Å². The van der Waals surface area contributed by atoms with Crippen molar-refractivity contribution < 1.29 is 49.0 Å². The second kappa shape index (κ2) is 8.43. The number of carbonyl (C=O) groups is 1. The van der Waals surface area contributed by atoms with Crippen molar-refractivity contribution in [3.8, 4) is 5.75 Å². The number of fused-ring (bicyclic) bond motifs is 1. The molecule has 1 N–H and O–H groups in total. The molecule has 1 aliphatic rings. The molecule has 1 aromatic heterocycles. The molecular weight excluding hydrogens is 499 g/mol. The van der Waals surface area contributed by atoms with Gasteiger partial charge in [0.2, 0.25) is 5.95 Å². The van der Waals surface area contributed by atoms with Crippen LogP contribution < -0.4 is 10.1 Å². The summed E-state index contributed by atoms with van der Waals surface area (Å²) >= 11 is 5.47. The molecule has 0 spiro atoms. The van der Waals surface area contributed by atoms with Gasteiger partial charge in [0.1, 0.15) is 10.7 Å². The lowest BCUT2D eigenvalue weighted by Crippen LogP contribution is -2.43. The van der Waals surface area contributed by atoms with E-state index in [1.807, 2.05) is 0 Å². The first-order chi connectivity index (χ1) is 15.0. The Morgan fingerprint density at radius 3 is 2.27 bits per heavy atom. The summed E-state index contributed by atoms with van der Waals surface area (Å²) in [6, 6.07) is 1.85. The quantitative estimate of drug-likeness (QED) is 0.454. The maximum atomic E-state index is 12.9. The lowest BCUT2D eigenvalue weighted by atomic mass is 9.98. The summed E-state index contributed by atoms with van der Waals surface area (Å²) < 4.78 is 119. The predicted octanol–water partition coefficient (Wildman–Crippen LogP) is 5.24. The minimum atomic E-state index is -5.22. The molecular formula is C17H10ClF9N4O2. The topological polar surface area (TPSA) is 67.4 Å². The molecule has 0 aliphatic carbocycles. The zero-order valence-corrected chi connectivity index (χ0v) is 16.5. The molecule has 3 rings (SSSR count). The summed E-state index contributed by atoms with van der Waals surface area (Å²) in [6.07, 6.45) is -15.1. The molecule has 6 nitrogen and oxygen atoms in total. The standard InChI is InChI=1S/C17H10ClF9N4O2/c18-12-9(15(19,20)21)5-28-14(30-12)29-10-3-7-1-2-31(13(32)16(22,23)24)6-8(7)4-11(10)33-17(25,26)27/h3-5H,1-2,6H2,(H,28,29,30). The van der Waals surface area contributed by atoms with Crippen molar-refractivity contribution in [3.63, 3.8) is 0 Å². The smallest absolute Gasteiger partial charge is 0.404 e. The van der Waals surface area contributed by atoms with E-state index in [-0.39, 0.29) is 24.1 Å². The third-order valence-electron chi connectivity index (χ3n) is 4.36. The molecule has 33 heavy (non-hydrogen) atoms. The molecule has 2 heterocycles. The summed E-state index contributed by atoms with van der Waals surface area (Å²) in [5, 5.41) is 1.25. The Morgan fingerprint density at radius 1 is 1.06 bits per heavy atom. The van der Waals surface area contributed by atoms with E-state index in [2.05, 4.69) is 20.0 Å².